The van der Waals surface area contributed by atoms with E-state index in [-0.39, 0.29) is 81.1 Å². The second kappa shape index (κ2) is 18.4. The maximum absolute atomic E-state index is 13.6. The molecule has 0 bridgehead atoms. The fraction of sp³-hybridized carbons (Fsp3) is 0. The number of hydrogen-bond acceptors (Lipinski definition) is 17. The second-order valence-corrected chi connectivity index (χ2v) is 16.0. The maximum Gasteiger partial charge on any atom is 1.00 e. The Balaban J connectivity index is 0.00000372. The van der Waals surface area contributed by atoms with Gasteiger partial charge in [-0.3, -0.25) is 9.27 Å². The Morgan fingerprint density at radius 3 is 1.71 bits per heavy atom. The molecule has 24 heteroatoms. The van der Waals surface area contributed by atoms with E-state index >= 15 is 0 Å². The van der Waals surface area contributed by atoms with E-state index < -0.39 is 73.6 Å². The average Bonchev–Trinajstić information content (AvgIpc) is 3.13. The van der Waals surface area contributed by atoms with Crippen LogP contribution in [-0.2, 0) is 30.3 Å². The first-order valence-corrected chi connectivity index (χ1v) is 20.0. The summed E-state index contributed by atoms with van der Waals surface area (Å²) < 4.78 is 99.9. The summed E-state index contributed by atoms with van der Waals surface area (Å²) in [6, 6.07) is 24.7. The van der Waals surface area contributed by atoms with E-state index in [1.165, 1.54) is 66.7 Å². The zero-order valence-corrected chi connectivity index (χ0v) is 36.7. The van der Waals surface area contributed by atoms with E-state index in [2.05, 4.69) is 35.4 Å². The van der Waals surface area contributed by atoms with Crippen molar-refractivity contribution in [3.63, 3.8) is 0 Å². The monoisotopic (exact) mass is 860 g/mol. The van der Waals surface area contributed by atoms with Crippen LogP contribution in [0.5, 0.6) is 5.75 Å². The minimum Gasteiger partial charge on any atom is -0.870 e. The van der Waals surface area contributed by atoms with Gasteiger partial charge >= 0.3 is 59.1 Å². The molecule has 0 unspecified atom stereocenters. The number of sulfonamides is 1. The number of azo groups is 3. The summed E-state index contributed by atoms with van der Waals surface area (Å²) in [5.41, 5.74) is 17.4. The Hall–Kier alpha value is -4.85. The Kier molecular flexibility index (Phi) is 14.5. The Labute approximate surface area is 375 Å². The van der Waals surface area contributed by atoms with Gasteiger partial charge in [-0.25, -0.2) is 16.8 Å². The van der Waals surface area contributed by atoms with Crippen molar-refractivity contribution in [3.8, 4) is 5.75 Å². The van der Waals surface area contributed by atoms with Gasteiger partial charge in [0.05, 0.1) is 43.9 Å². The van der Waals surface area contributed by atoms with Crippen molar-refractivity contribution < 1.29 is 98.6 Å². The number of nitrogens with one attached hydrogen (secondary N) is 1. The molecule has 6 aromatic rings. The molecule has 58 heavy (non-hydrogen) atoms. The van der Waals surface area contributed by atoms with Crippen molar-refractivity contribution in [3.05, 3.63) is 109 Å². The molecule has 19 nitrogen and oxygen atoms in total. The summed E-state index contributed by atoms with van der Waals surface area (Å²) in [4.78, 5) is -2.30. The number of hydrogen-bond donors (Lipinski definition) is 5. The minimum absolute atomic E-state index is 0. The molecular formula is C34H26N10Na2O9S3. The van der Waals surface area contributed by atoms with Gasteiger partial charge in [-0.2, -0.15) is 23.8 Å². The van der Waals surface area contributed by atoms with Crippen LogP contribution < -0.4 is 86.1 Å². The standard InChI is InChI=1S/C34H28N10O9S3.2Na/c35-20-6-15-27(26(36)18-20)41-38-22-7-9-24(10-8-22)44-54(46,47)25-13-11-23(12-14-25)40-42-32-28(55(48,49)50)16-19-17-29(56(51,52)53)33(34(45)30(19)31(32)37)43-39-21-4-2-1-3-5-21;;/h1-18,44-45H,35-37H2,(H,48,49,50)(H,51,52,53);;/q;2*+1/p-2. The molecule has 6 rings (SSSR count). The molecule has 0 aliphatic rings. The number of nitrogens with zero attached hydrogens (tertiary/aromatic N) is 6. The molecule has 0 atom stereocenters. The molecule has 0 saturated carbocycles. The number of nitrogens with two attached hydrogens (primary N) is 3. The average molecular weight is 861 g/mol. The topological polar surface area (TPSA) is 333 Å². The number of fused-ring (bicyclic) bond motifs is 1. The molecule has 6 aromatic carbocycles. The fourth-order valence-corrected chi connectivity index (χ4v) is 7.44. The van der Waals surface area contributed by atoms with E-state index in [4.69, 9.17) is 17.2 Å². The van der Waals surface area contributed by atoms with Crippen molar-refractivity contribution in [2.24, 2.45) is 30.7 Å². The largest absolute Gasteiger partial charge is 1.00 e. The molecule has 0 aliphatic heterocycles. The summed E-state index contributed by atoms with van der Waals surface area (Å²) in [6.07, 6.45) is 0. The quantitative estimate of drug-likeness (QED) is 0.0524. The van der Waals surface area contributed by atoms with Gasteiger partial charge in [0.1, 0.15) is 26.4 Å². The van der Waals surface area contributed by atoms with E-state index in [9.17, 15) is 39.5 Å². The molecule has 0 spiro atoms. The summed E-state index contributed by atoms with van der Waals surface area (Å²) in [5, 5.41) is 36.1. The Morgan fingerprint density at radius 1 is 0.603 bits per heavy atom. The van der Waals surface area contributed by atoms with Crippen molar-refractivity contribution >= 4 is 97.9 Å². The molecule has 0 saturated heterocycles. The Bertz CT molecular complexity index is 2940. The fourth-order valence-electron chi connectivity index (χ4n) is 5.07. The van der Waals surface area contributed by atoms with Gasteiger partial charge in [-0.05, 0) is 96.4 Å². The molecular weight excluding hydrogens is 835 g/mol. The van der Waals surface area contributed by atoms with Crippen LogP contribution in [0.4, 0.5) is 56.9 Å². The van der Waals surface area contributed by atoms with E-state index in [0.717, 1.165) is 0 Å². The van der Waals surface area contributed by atoms with E-state index in [0.29, 0.717) is 34.9 Å². The van der Waals surface area contributed by atoms with Gasteiger partial charge in [-0.1, -0.05) is 23.9 Å². The molecule has 0 amide bonds. The number of benzene rings is 6. The summed E-state index contributed by atoms with van der Waals surface area (Å²) in [7, 11) is -14.7. The van der Waals surface area contributed by atoms with Gasteiger partial charge < -0.3 is 26.9 Å². The van der Waals surface area contributed by atoms with Gasteiger partial charge in [0, 0.05) is 16.8 Å². The summed E-state index contributed by atoms with van der Waals surface area (Å²) >= 11 is 0. The number of rotatable bonds is 11. The first kappa shape index (κ1) is 45.8. The van der Waals surface area contributed by atoms with Crippen LogP contribution in [0.25, 0.3) is 10.8 Å². The van der Waals surface area contributed by atoms with Crippen LogP contribution in [0, 0.1) is 0 Å². The van der Waals surface area contributed by atoms with Crippen molar-refractivity contribution in [1.82, 2.24) is 0 Å². The minimum atomic E-state index is -5.39. The molecule has 0 aliphatic carbocycles. The van der Waals surface area contributed by atoms with Crippen LogP contribution in [0.1, 0.15) is 0 Å². The predicted octanol–water partition coefficient (Wildman–Crippen LogP) is 0.866. The van der Waals surface area contributed by atoms with E-state index in [1.54, 1.807) is 30.3 Å². The van der Waals surface area contributed by atoms with Crippen molar-refractivity contribution in [2.75, 3.05) is 21.9 Å². The summed E-state index contributed by atoms with van der Waals surface area (Å²) in [5.74, 6) is -1.19. The van der Waals surface area contributed by atoms with Crippen LogP contribution in [-0.4, -0.2) is 34.4 Å². The zero-order chi connectivity index (χ0) is 40.4. The molecule has 0 heterocycles. The van der Waals surface area contributed by atoms with Gasteiger partial charge in [0.15, 0.2) is 0 Å². The van der Waals surface area contributed by atoms with Crippen LogP contribution in [0.15, 0.2) is 155 Å². The molecule has 0 radical (unpaired) electrons. The smallest absolute Gasteiger partial charge is 0.870 e. The molecule has 8 N–H and O–H groups in total. The van der Waals surface area contributed by atoms with Crippen molar-refractivity contribution in [2.45, 2.75) is 14.7 Å². The Morgan fingerprint density at radius 2 is 1.14 bits per heavy atom. The van der Waals surface area contributed by atoms with Gasteiger partial charge in [0.2, 0.25) is 0 Å². The van der Waals surface area contributed by atoms with Crippen LogP contribution in [0.3, 0.4) is 0 Å². The zero-order valence-electron chi connectivity index (χ0n) is 30.2. The maximum atomic E-state index is 13.6. The molecule has 0 aromatic heterocycles. The van der Waals surface area contributed by atoms with E-state index in [1.807, 2.05) is 0 Å². The second-order valence-electron chi connectivity index (χ2n) is 11.6. The third-order valence-electron chi connectivity index (χ3n) is 7.72. The molecule has 286 valence electrons. The number of nitrogen functional groups attached to an aromatic ring is 3. The normalized spacial score (nSPS) is 12.2. The predicted molar refractivity (Wildman–Crippen MR) is 204 cm³/mol. The van der Waals surface area contributed by atoms with Crippen molar-refractivity contribution in [1.29, 1.82) is 0 Å². The van der Waals surface area contributed by atoms with Crippen LogP contribution >= 0.6 is 0 Å². The first-order chi connectivity index (χ1) is 26.4. The first-order valence-electron chi connectivity index (χ1n) is 15.6. The number of anilines is 4. The third-order valence-corrected chi connectivity index (χ3v) is 10.8. The van der Waals surface area contributed by atoms with Gasteiger partial charge in [-0.15, -0.1) is 15.3 Å². The SMILES string of the molecule is Nc1ccc(N=Nc2ccc(NS(=O)(=O)c3ccc(N=Nc4c(S(=O)(=O)[O-])cc5cc(S(=O)(=O)O)c(N=Nc6ccccc6)c([O-])c5c4N)cc3)cc2)c(N)c1.[Na+].[Na+]. The molecule has 0 fully saturated rings. The summed E-state index contributed by atoms with van der Waals surface area (Å²) in [6.45, 7) is 0. The third kappa shape index (κ3) is 10.6. The van der Waals surface area contributed by atoms with Crippen LogP contribution in [0.2, 0.25) is 0 Å². The van der Waals surface area contributed by atoms with Gasteiger partial charge in [0.25, 0.3) is 20.1 Å².